The number of nitrogens with zero attached hydrogens (tertiary/aromatic N) is 1. The van der Waals surface area contributed by atoms with E-state index in [1.165, 1.54) is 0 Å². The number of hydrogen-bond donors (Lipinski definition) is 3. The smallest absolute Gasteiger partial charge is 0.251 e. The predicted molar refractivity (Wildman–Crippen MR) is 75.5 cm³/mol. The summed E-state index contributed by atoms with van der Waals surface area (Å²) in [6, 6.07) is 5.30. The highest BCUT2D eigenvalue weighted by Crippen LogP contribution is 2.13. The van der Waals surface area contributed by atoms with E-state index in [4.69, 9.17) is 4.74 Å². The van der Waals surface area contributed by atoms with E-state index in [2.05, 4.69) is 15.5 Å². The highest BCUT2D eigenvalue weighted by atomic mass is 16.5. The fraction of sp³-hybridized carbons (Fsp3) is 0.429. The van der Waals surface area contributed by atoms with Gasteiger partial charge in [0.1, 0.15) is 0 Å². The molecule has 0 spiro atoms. The minimum atomic E-state index is -0.982. The van der Waals surface area contributed by atoms with E-state index in [0.29, 0.717) is 18.6 Å². The van der Waals surface area contributed by atoms with Gasteiger partial charge in [0.15, 0.2) is 0 Å². The van der Waals surface area contributed by atoms with Gasteiger partial charge in [-0.15, -0.1) is 0 Å². The Morgan fingerprint density at radius 2 is 2.35 bits per heavy atom. The number of amides is 1. The third-order valence-corrected chi connectivity index (χ3v) is 3.18. The Balaban J connectivity index is 1.97. The molecule has 0 aliphatic rings. The van der Waals surface area contributed by atoms with Crippen LogP contribution in [0.2, 0.25) is 0 Å². The summed E-state index contributed by atoms with van der Waals surface area (Å²) in [7, 11) is 1.58. The molecule has 2 aromatic rings. The normalized spacial score (nSPS) is 14.2. The van der Waals surface area contributed by atoms with Crippen LogP contribution in [0, 0.1) is 0 Å². The summed E-state index contributed by atoms with van der Waals surface area (Å²) in [4.78, 5) is 12.0. The molecular weight excluding hydrogens is 258 g/mol. The van der Waals surface area contributed by atoms with Gasteiger partial charge in [-0.2, -0.15) is 5.10 Å². The molecule has 108 valence electrons. The number of aromatic amines is 1. The molecular formula is C14H19N3O3. The number of aromatic nitrogens is 2. The average Bonchev–Trinajstić information content (AvgIpc) is 2.90. The van der Waals surface area contributed by atoms with Crippen LogP contribution < -0.4 is 5.32 Å². The fourth-order valence-electron chi connectivity index (χ4n) is 1.86. The van der Waals surface area contributed by atoms with E-state index < -0.39 is 5.60 Å². The standard InChI is InChI=1S/C14H19N3O3/c1-14(19,5-6-20-2)9-15-13(18)10-3-4-11-8-16-17-12(11)7-10/h3-4,7-8,19H,5-6,9H2,1-2H3,(H,15,18)(H,16,17). The number of ether oxygens (including phenoxy) is 1. The van der Waals surface area contributed by atoms with Crippen molar-refractivity contribution in [3.05, 3.63) is 30.0 Å². The zero-order chi connectivity index (χ0) is 14.6. The minimum Gasteiger partial charge on any atom is -0.388 e. The summed E-state index contributed by atoms with van der Waals surface area (Å²) in [5.41, 5.74) is 0.358. The van der Waals surface area contributed by atoms with Crippen LogP contribution in [0.3, 0.4) is 0 Å². The van der Waals surface area contributed by atoms with Crippen LogP contribution in [0.4, 0.5) is 0 Å². The molecule has 6 nitrogen and oxygen atoms in total. The number of methoxy groups -OCH3 is 1. The van der Waals surface area contributed by atoms with E-state index in [9.17, 15) is 9.90 Å². The molecule has 20 heavy (non-hydrogen) atoms. The molecule has 1 heterocycles. The van der Waals surface area contributed by atoms with Crippen LogP contribution in [0.5, 0.6) is 0 Å². The number of aliphatic hydroxyl groups is 1. The van der Waals surface area contributed by atoms with E-state index in [1.807, 2.05) is 6.07 Å². The average molecular weight is 277 g/mol. The summed E-state index contributed by atoms with van der Waals surface area (Å²) in [5.74, 6) is -0.223. The Hall–Kier alpha value is -1.92. The molecule has 1 unspecified atom stereocenters. The Kier molecular flexibility index (Phi) is 4.36. The van der Waals surface area contributed by atoms with Crippen molar-refractivity contribution in [1.82, 2.24) is 15.5 Å². The highest BCUT2D eigenvalue weighted by molar-refractivity contribution is 5.97. The lowest BCUT2D eigenvalue weighted by atomic mass is 10.0. The Morgan fingerprint density at radius 1 is 1.55 bits per heavy atom. The molecule has 2 rings (SSSR count). The maximum Gasteiger partial charge on any atom is 0.251 e. The number of fused-ring (bicyclic) bond motifs is 1. The Bertz CT molecular complexity index is 592. The van der Waals surface area contributed by atoms with Gasteiger partial charge in [-0.25, -0.2) is 0 Å². The number of nitrogens with one attached hydrogen (secondary N) is 2. The second-order valence-electron chi connectivity index (χ2n) is 5.09. The molecule has 0 saturated heterocycles. The van der Waals surface area contributed by atoms with Crippen molar-refractivity contribution < 1.29 is 14.6 Å². The van der Waals surface area contributed by atoms with Gasteiger partial charge >= 0.3 is 0 Å². The molecule has 0 bridgehead atoms. The van der Waals surface area contributed by atoms with Crippen LogP contribution in [0.1, 0.15) is 23.7 Å². The van der Waals surface area contributed by atoms with Crippen LogP contribution in [-0.4, -0.2) is 47.1 Å². The molecule has 0 aliphatic carbocycles. The molecule has 1 amide bonds. The lowest BCUT2D eigenvalue weighted by Crippen LogP contribution is -2.41. The monoisotopic (exact) mass is 277 g/mol. The summed E-state index contributed by atoms with van der Waals surface area (Å²) < 4.78 is 4.92. The van der Waals surface area contributed by atoms with Crippen LogP contribution in [-0.2, 0) is 4.74 Å². The first-order valence-electron chi connectivity index (χ1n) is 6.44. The second-order valence-corrected chi connectivity index (χ2v) is 5.09. The maximum atomic E-state index is 12.0. The van der Waals surface area contributed by atoms with E-state index in [1.54, 1.807) is 32.4 Å². The molecule has 3 N–H and O–H groups in total. The summed E-state index contributed by atoms with van der Waals surface area (Å²) in [5, 5.41) is 20.5. The van der Waals surface area contributed by atoms with Crippen LogP contribution in [0.15, 0.2) is 24.4 Å². The summed E-state index contributed by atoms with van der Waals surface area (Å²) in [6.45, 7) is 2.30. The number of rotatable bonds is 6. The van der Waals surface area contributed by atoms with Crippen molar-refractivity contribution >= 4 is 16.8 Å². The number of carbonyl (C=O) groups is 1. The summed E-state index contributed by atoms with van der Waals surface area (Å²) >= 11 is 0. The van der Waals surface area contributed by atoms with Crippen molar-refractivity contribution in [2.45, 2.75) is 18.9 Å². The Labute approximate surface area is 117 Å². The molecule has 0 aliphatic heterocycles. The highest BCUT2D eigenvalue weighted by Gasteiger charge is 2.21. The molecule has 1 aromatic heterocycles. The van der Waals surface area contributed by atoms with E-state index in [-0.39, 0.29) is 12.5 Å². The third-order valence-electron chi connectivity index (χ3n) is 3.18. The number of benzene rings is 1. The van der Waals surface area contributed by atoms with Crippen molar-refractivity contribution in [2.75, 3.05) is 20.3 Å². The van der Waals surface area contributed by atoms with Gasteiger partial charge < -0.3 is 15.2 Å². The van der Waals surface area contributed by atoms with Crippen molar-refractivity contribution in [2.24, 2.45) is 0 Å². The quantitative estimate of drug-likeness (QED) is 0.737. The molecule has 6 heteroatoms. The topological polar surface area (TPSA) is 87.2 Å². The van der Waals surface area contributed by atoms with E-state index >= 15 is 0 Å². The SMILES string of the molecule is COCCC(C)(O)CNC(=O)c1ccc2cn[nH]c2c1. The molecule has 1 aromatic carbocycles. The Morgan fingerprint density at radius 3 is 3.10 bits per heavy atom. The fourth-order valence-corrected chi connectivity index (χ4v) is 1.86. The van der Waals surface area contributed by atoms with Gasteiger partial charge in [-0.3, -0.25) is 9.89 Å². The number of H-pyrrole nitrogens is 1. The zero-order valence-electron chi connectivity index (χ0n) is 11.6. The third kappa shape index (κ3) is 3.55. The lowest BCUT2D eigenvalue weighted by molar-refractivity contribution is 0.0243. The zero-order valence-corrected chi connectivity index (χ0v) is 11.6. The van der Waals surface area contributed by atoms with E-state index in [0.717, 1.165) is 10.9 Å². The van der Waals surface area contributed by atoms with Crippen molar-refractivity contribution in [1.29, 1.82) is 0 Å². The molecule has 1 atom stereocenters. The molecule has 0 fully saturated rings. The molecule has 0 radical (unpaired) electrons. The minimum absolute atomic E-state index is 0.177. The first-order chi connectivity index (χ1) is 9.52. The second kappa shape index (κ2) is 6.02. The first-order valence-corrected chi connectivity index (χ1v) is 6.44. The van der Waals surface area contributed by atoms with Gasteiger partial charge in [0, 0.05) is 37.6 Å². The van der Waals surface area contributed by atoms with Crippen LogP contribution in [0.25, 0.3) is 10.9 Å². The van der Waals surface area contributed by atoms with Crippen molar-refractivity contribution in [3.8, 4) is 0 Å². The number of hydrogen-bond acceptors (Lipinski definition) is 4. The van der Waals surface area contributed by atoms with Gasteiger partial charge in [0.05, 0.1) is 17.3 Å². The maximum absolute atomic E-state index is 12.0. The van der Waals surface area contributed by atoms with Crippen LogP contribution >= 0.6 is 0 Å². The first kappa shape index (κ1) is 14.5. The van der Waals surface area contributed by atoms with Crippen molar-refractivity contribution in [3.63, 3.8) is 0 Å². The van der Waals surface area contributed by atoms with Gasteiger partial charge in [0.25, 0.3) is 5.91 Å². The van der Waals surface area contributed by atoms with Gasteiger partial charge in [0.2, 0.25) is 0 Å². The molecule has 0 saturated carbocycles. The van der Waals surface area contributed by atoms with Gasteiger partial charge in [-0.1, -0.05) is 6.07 Å². The number of carbonyl (C=O) groups excluding carboxylic acids is 1. The van der Waals surface area contributed by atoms with Gasteiger partial charge in [-0.05, 0) is 19.1 Å². The predicted octanol–water partition coefficient (Wildman–Crippen LogP) is 1.08. The lowest BCUT2D eigenvalue weighted by Gasteiger charge is -2.23. The summed E-state index contributed by atoms with van der Waals surface area (Å²) in [6.07, 6.45) is 2.16. The largest absolute Gasteiger partial charge is 0.388 e.